The first-order valence-electron chi connectivity index (χ1n) is 29.4. The van der Waals surface area contributed by atoms with Crippen molar-refractivity contribution in [1.82, 2.24) is 0 Å². The summed E-state index contributed by atoms with van der Waals surface area (Å²) in [5, 5.41) is 0. The minimum absolute atomic E-state index is 0.739. The molecular weight excluding hydrogens is 733 g/mol. The van der Waals surface area contributed by atoms with Gasteiger partial charge in [0.15, 0.2) is 0 Å². The molecule has 26 atom stereocenters. The quantitative estimate of drug-likeness (QED) is 0.248. The summed E-state index contributed by atoms with van der Waals surface area (Å²) in [6.45, 7) is 20.1. The highest BCUT2D eigenvalue weighted by molar-refractivity contribution is 5.17. The first kappa shape index (κ1) is 41.2. The fourth-order valence-electron chi connectivity index (χ4n) is 25.9. The molecule has 22 unspecified atom stereocenters. The van der Waals surface area contributed by atoms with Gasteiger partial charge in [0.25, 0.3) is 0 Å². The van der Waals surface area contributed by atoms with Gasteiger partial charge in [-0.05, 0) is 299 Å². The van der Waals surface area contributed by atoms with Crippen LogP contribution in [0, 0.1) is 164 Å². The molecule has 61 heavy (non-hydrogen) atoms. The lowest BCUT2D eigenvalue weighted by atomic mass is 9.50. The molecule has 0 aromatic heterocycles. The second kappa shape index (κ2) is 14.3. The van der Waals surface area contributed by atoms with Crippen LogP contribution >= 0.6 is 0 Å². The fourth-order valence-corrected chi connectivity index (χ4v) is 25.9. The van der Waals surface area contributed by atoms with E-state index in [9.17, 15) is 0 Å². The predicted octanol–water partition coefficient (Wildman–Crippen LogP) is 16.8. The Bertz CT molecular complexity index is 1520. The average Bonchev–Trinajstić information content (AvgIpc) is 4.11. The van der Waals surface area contributed by atoms with Crippen LogP contribution in [0.25, 0.3) is 0 Å². The maximum absolute atomic E-state index is 2.61. The van der Waals surface area contributed by atoms with Crippen LogP contribution in [0.5, 0.6) is 0 Å². The van der Waals surface area contributed by atoms with Crippen molar-refractivity contribution in [3.05, 3.63) is 0 Å². The molecule has 0 spiro atoms. The molecule has 17 saturated carbocycles. The van der Waals surface area contributed by atoms with E-state index in [4.69, 9.17) is 0 Å². The second-order valence-electron chi connectivity index (χ2n) is 29.5. The van der Waals surface area contributed by atoms with E-state index in [2.05, 4.69) is 55.4 Å². The van der Waals surface area contributed by atoms with Gasteiger partial charge in [-0.2, -0.15) is 0 Å². The Balaban J connectivity index is 0.0000000832. The van der Waals surface area contributed by atoms with E-state index < -0.39 is 0 Å². The number of rotatable bonds is 4. The maximum Gasteiger partial charge on any atom is -0.0294 e. The third kappa shape index (κ3) is 5.65. The molecule has 0 amide bonds. The molecule has 0 nitrogen and oxygen atoms in total. The molecule has 17 aliphatic carbocycles. The Hall–Kier alpha value is 0. The Morgan fingerprint density at radius 1 is 0.246 bits per heavy atom. The molecule has 0 N–H and O–H groups in total. The van der Waals surface area contributed by atoms with Gasteiger partial charge in [-0.3, -0.25) is 0 Å². The van der Waals surface area contributed by atoms with Crippen molar-refractivity contribution in [2.75, 3.05) is 0 Å². The Kier molecular flexibility index (Phi) is 9.64. The summed E-state index contributed by atoms with van der Waals surface area (Å²) in [6, 6.07) is 0. The third-order valence-electron chi connectivity index (χ3n) is 28.5. The van der Waals surface area contributed by atoms with E-state index in [1.54, 1.807) is 135 Å². The average molecular weight is 831 g/mol. The summed E-state index contributed by atoms with van der Waals surface area (Å²) in [5.74, 6) is 28.0. The van der Waals surface area contributed by atoms with E-state index in [0.717, 1.165) is 80.8 Å². The van der Waals surface area contributed by atoms with Crippen LogP contribution in [0.2, 0.25) is 0 Å². The zero-order valence-electron chi connectivity index (χ0n) is 41.5. The molecule has 0 aromatic carbocycles. The summed E-state index contributed by atoms with van der Waals surface area (Å²) in [5.41, 5.74) is 2.98. The van der Waals surface area contributed by atoms with Gasteiger partial charge >= 0.3 is 0 Å². The van der Waals surface area contributed by atoms with Gasteiger partial charge in [0.05, 0.1) is 0 Å². The van der Waals surface area contributed by atoms with Gasteiger partial charge in [-0.1, -0.05) is 81.1 Å². The monoisotopic (exact) mass is 831 g/mol. The first-order valence-corrected chi connectivity index (χ1v) is 29.4. The van der Waals surface area contributed by atoms with Gasteiger partial charge in [0.1, 0.15) is 0 Å². The summed E-state index contributed by atoms with van der Waals surface area (Å²) >= 11 is 0. The molecule has 0 aliphatic heterocycles. The van der Waals surface area contributed by atoms with E-state index in [-0.39, 0.29) is 0 Å². The topological polar surface area (TPSA) is 0 Å². The minimum atomic E-state index is 0.739. The molecular formula is C61H98. The van der Waals surface area contributed by atoms with Crippen LogP contribution in [0.15, 0.2) is 0 Å². The maximum atomic E-state index is 2.61. The molecule has 17 rings (SSSR count). The Morgan fingerprint density at radius 3 is 0.705 bits per heavy atom. The second-order valence-corrected chi connectivity index (χ2v) is 29.5. The minimum Gasteiger partial charge on any atom is -0.0649 e. The summed E-state index contributed by atoms with van der Waals surface area (Å²) in [4.78, 5) is 0. The van der Waals surface area contributed by atoms with Gasteiger partial charge < -0.3 is 0 Å². The lowest BCUT2D eigenvalue weighted by Crippen LogP contribution is -2.47. The molecule has 0 aromatic rings. The van der Waals surface area contributed by atoms with Crippen LogP contribution in [0.4, 0.5) is 0 Å². The smallest absolute Gasteiger partial charge is 0.0294 e. The highest BCUT2D eigenvalue weighted by Crippen LogP contribution is 2.75. The van der Waals surface area contributed by atoms with Crippen LogP contribution in [-0.4, -0.2) is 0 Å². The largest absolute Gasteiger partial charge is 0.0649 e. The van der Waals surface area contributed by atoms with Crippen molar-refractivity contribution >= 4 is 0 Å². The number of fused-ring (bicyclic) bond motifs is 31. The Labute approximate surface area is 378 Å². The Morgan fingerprint density at radius 2 is 0.443 bits per heavy atom. The SMILES string of the molecule is CC[C@@]1(C)CC2CC1C1C3CCC(C3)C21.CC[C@@]1(C)CC2CC1C1C3CCC(C3)C21.CC[C@@]1(C)CC2CC1C1C3CCC(C3)C21.CC[C@@]1(C)CC2CC1C1C3CCC(CC3)C21. The van der Waals surface area contributed by atoms with Crippen LogP contribution in [0.3, 0.4) is 0 Å². The van der Waals surface area contributed by atoms with Crippen molar-refractivity contribution in [2.24, 2.45) is 164 Å². The van der Waals surface area contributed by atoms with Gasteiger partial charge in [0.2, 0.25) is 0 Å². The first-order chi connectivity index (χ1) is 29.4. The zero-order valence-corrected chi connectivity index (χ0v) is 41.5. The molecule has 0 radical (unpaired) electrons. The highest BCUT2D eigenvalue weighted by atomic mass is 14.7. The van der Waals surface area contributed by atoms with Gasteiger partial charge in [-0.25, -0.2) is 0 Å². The lowest BCUT2D eigenvalue weighted by Gasteiger charge is -2.55. The molecule has 17 aliphatic rings. The molecule has 17 fully saturated rings. The van der Waals surface area contributed by atoms with Crippen LogP contribution < -0.4 is 0 Å². The van der Waals surface area contributed by atoms with E-state index in [0.29, 0.717) is 0 Å². The summed E-state index contributed by atoms with van der Waals surface area (Å²) in [7, 11) is 0. The van der Waals surface area contributed by atoms with Crippen molar-refractivity contribution in [3.8, 4) is 0 Å². The standard InChI is InChI=1S/C16H26.3C15H24/c1-3-16(2)9-12-8-13(16)15-11-6-4-10(5-7-11)14(12)15;3*1-3-15(2)8-11-7-12(15)14-10-5-4-9(6-10)13(11)14/h10-15H,3-9H2,1-2H3;3*9-14H,3-8H2,1-2H3/t10?,11?,12?,13?,14?,15?,16-;3*9?,10?,11?,12?,13?,14?,15-/m0000/s1. The fraction of sp³-hybridized carbons (Fsp3) is 1.00. The lowest BCUT2D eigenvalue weighted by molar-refractivity contribution is -0.0569. The number of hydrogen-bond donors (Lipinski definition) is 0. The summed E-state index contributed by atoms with van der Waals surface area (Å²) < 4.78 is 0. The van der Waals surface area contributed by atoms with Crippen LogP contribution in [0.1, 0.15) is 216 Å². The van der Waals surface area contributed by atoms with Crippen molar-refractivity contribution in [1.29, 1.82) is 0 Å². The molecule has 0 heteroatoms. The zero-order chi connectivity index (χ0) is 41.5. The molecule has 0 heterocycles. The summed E-state index contributed by atoms with van der Waals surface area (Å²) in [6.07, 6.45) is 39.4. The third-order valence-corrected chi connectivity index (χ3v) is 28.5. The molecule has 16 bridgehead atoms. The highest BCUT2D eigenvalue weighted by Gasteiger charge is 2.68. The molecule has 0 saturated heterocycles. The predicted molar refractivity (Wildman–Crippen MR) is 254 cm³/mol. The van der Waals surface area contributed by atoms with Gasteiger partial charge in [-0.15, -0.1) is 0 Å². The van der Waals surface area contributed by atoms with E-state index in [1.165, 1.54) is 109 Å². The van der Waals surface area contributed by atoms with E-state index in [1.807, 2.05) is 0 Å². The molecule has 342 valence electrons. The van der Waals surface area contributed by atoms with Crippen LogP contribution in [-0.2, 0) is 0 Å². The van der Waals surface area contributed by atoms with Crippen molar-refractivity contribution in [2.45, 2.75) is 216 Å². The normalized spacial score (nSPS) is 64.5. The number of hydrogen-bond acceptors (Lipinski definition) is 0. The van der Waals surface area contributed by atoms with Crippen molar-refractivity contribution < 1.29 is 0 Å². The van der Waals surface area contributed by atoms with Crippen molar-refractivity contribution in [3.63, 3.8) is 0 Å². The van der Waals surface area contributed by atoms with Gasteiger partial charge in [0, 0.05) is 0 Å². The van der Waals surface area contributed by atoms with E-state index >= 15 is 0 Å².